The van der Waals surface area contributed by atoms with E-state index in [1.165, 1.54) is 0 Å². The standard InChI is InChI=1S/C8H11NO4/c1-5(4-8(12)13)9-6(10)2-3-7(9)11/h5H,2-4H2,1H3,(H,12,13)/t5-/m1/s1. The molecule has 72 valence electrons. The summed E-state index contributed by atoms with van der Waals surface area (Å²) in [5.41, 5.74) is 0. The van der Waals surface area contributed by atoms with Crippen LogP contribution in [-0.4, -0.2) is 33.8 Å². The third-order valence-corrected chi connectivity index (χ3v) is 2.00. The Hall–Kier alpha value is -1.39. The van der Waals surface area contributed by atoms with Gasteiger partial charge in [0.05, 0.1) is 6.42 Å². The summed E-state index contributed by atoms with van der Waals surface area (Å²) >= 11 is 0. The van der Waals surface area contributed by atoms with E-state index in [0.717, 1.165) is 4.90 Å². The molecule has 0 aromatic carbocycles. The molecule has 1 N–H and O–H groups in total. The highest BCUT2D eigenvalue weighted by atomic mass is 16.4. The Balaban J connectivity index is 2.64. The van der Waals surface area contributed by atoms with Crippen LogP contribution >= 0.6 is 0 Å². The lowest BCUT2D eigenvalue weighted by atomic mass is 10.2. The molecule has 1 atom stereocenters. The molecule has 0 radical (unpaired) electrons. The Morgan fingerprint density at radius 3 is 2.31 bits per heavy atom. The third-order valence-electron chi connectivity index (χ3n) is 2.00. The number of hydrogen-bond acceptors (Lipinski definition) is 3. The molecule has 0 aromatic rings. The zero-order chi connectivity index (χ0) is 10.0. The molecule has 0 bridgehead atoms. The van der Waals surface area contributed by atoms with E-state index in [2.05, 4.69) is 0 Å². The second-order valence-electron chi connectivity index (χ2n) is 3.10. The molecule has 1 aliphatic rings. The first-order valence-electron chi connectivity index (χ1n) is 4.09. The van der Waals surface area contributed by atoms with Gasteiger partial charge in [-0.1, -0.05) is 0 Å². The van der Waals surface area contributed by atoms with Gasteiger partial charge in [-0.2, -0.15) is 0 Å². The number of hydrogen-bond donors (Lipinski definition) is 1. The summed E-state index contributed by atoms with van der Waals surface area (Å²) in [4.78, 5) is 33.6. The van der Waals surface area contributed by atoms with Crippen molar-refractivity contribution in [3.63, 3.8) is 0 Å². The number of nitrogens with zero attached hydrogens (tertiary/aromatic N) is 1. The minimum atomic E-state index is -1.000. The third kappa shape index (κ3) is 2.05. The second kappa shape index (κ2) is 3.55. The lowest BCUT2D eigenvalue weighted by molar-refractivity contribution is -0.143. The van der Waals surface area contributed by atoms with E-state index < -0.39 is 12.0 Å². The van der Waals surface area contributed by atoms with Crippen LogP contribution in [0.4, 0.5) is 0 Å². The van der Waals surface area contributed by atoms with Crippen molar-refractivity contribution in [1.29, 1.82) is 0 Å². The zero-order valence-corrected chi connectivity index (χ0v) is 7.32. The highest BCUT2D eigenvalue weighted by molar-refractivity contribution is 6.02. The van der Waals surface area contributed by atoms with Gasteiger partial charge in [-0.15, -0.1) is 0 Å². The number of carboxylic acid groups (broad SMARTS) is 1. The van der Waals surface area contributed by atoms with Gasteiger partial charge in [0.1, 0.15) is 0 Å². The van der Waals surface area contributed by atoms with Crippen LogP contribution < -0.4 is 0 Å². The van der Waals surface area contributed by atoms with Gasteiger partial charge in [0.2, 0.25) is 11.8 Å². The molecule has 0 aromatic heterocycles. The lowest BCUT2D eigenvalue weighted by Gasteiger charge is -2.20. The van der Waals surface area contributed by atoms with E-state index in [-0.39, 0.29) is 31.1 Å². The van der Waals surface area contributed by atoms with Gasteiger partial charge in [-0.25, -0.2) is 0 Å². The van der Waals surface area contributed by atoms with Crippen LogP contribution in [0.1, 0.15) is 26.2 Å². The minimum absolute atomic E-state index is 0.183. The van der Waals surface area contributed by atoms with Gasteiger partial charge >= 0.3 is 5.97 Å². The number of carbonyl (C=O) groups excluding carboxylic acids is 2. The SMILES string of the molecule is C[C@H](CC(=O)O)N1C(=O)CCC1=O. The van der Waals surface area contributed by atoms with Crippen molar-refractivity contribution < 1.29 is 19.5 Å². The smallest absolute Gasteiger partial charge is 0.305 e. The minimum Gasteiger partial charge on any atom is -0.481 e. The fourth-order valence-corrected chi connectivity index (χ4v) is 1.43. The van der Waals surface area contributed by atoms with Gasteiger partial charge in [0, 0.05) is 18.9 Å². The van der Waals surface area contributed by atoms with Crippen molar-refractivity contribution in [2.24, 2.45) is 0 Å². The predicted molar refractivity (Wildman–Crippen MR) is 42.8 cm³/mol. The number of aliphatic carboxylic acids is 1. The topological polar surface area (TPSA) is 74.7 Å². The molecule has 0 unspecified atom stereocenters. The summed E-state index contributed by atoms with van der Waals surface area (Å²) in [6, 6.07) is -0.528. The average Bonchev–Trinajstić information content (AvgIpc) is 2.29. The molecule has 0 spiro atoms. The summed E-state index contributed by atoms with van der Waals surface area (Å²) < 4.78 is 0. The highest BCUT2D eigenvalue weighted by Gasteiger charge is 2.33. The molecule has 1 saturated heterocycles. The van der Waals surface area contributed by atoms with Gasteiger partial charge < -0.3 is 5.11 Å². The number of rotatable bonds is 3. The molecule has 0 saturated carbocycles. The molecule has 5 heteroatoms. The summed E-state index contributed by atoms with van der Waals surface area (Å²) in [7, 11) is 0. The van der Waals surface area contributed by atoms with Crippen LogP contribution in [0, 0.1) is 0 Å². The van der Waals surface area contributed by atoms with E-state index in [1.54, 1.807) is 6.92 Å². The summed E-state index contributed by atoms with van der Waals surface area (Å²) in [5.74, 6) is -1.53. The predicted octanol–water partition coefficient (Wildman–Crippen LogP) is -0.00140. The van der Waals surface area contributed by atoms with E-state index >= 15 is 0 Å². The fourth-order valence-electron chi connectivity index (χ4n) is 1.43. The van der Waals surface area contributed by atoms with Gasteiger partial charge in [-0.05, 0) is 6.92 Å². The number of carboxylic acids is 1. The Morgan fingerprint density at radius 1 is 1.46 bits per heavy atom. The average molecular weight is 185 g/mol. The highest BCUT2D eigenvalue weighted by Crippen LogP contribution is 2.16. The molecule has 1 fully saturated rings. The van der Waals surface area contributed by atoms with Gasteiger partial charge in [-0.3, -0.25) is 19.3 Å². The Kier molecular flexibility index (Phi) is 2.65. The molecule has 0 aliphatic carbocycles. The Labute approximate surface area is 75.3 Å². The van der Waals surface area contributed by atoms with Crippen molar-refractivity contribution in [2.75, 3.05) is 0 Å². The van der Waals surface area contributed by atoms with Crippen molar-refractivity contribution in [2.45, 2.75) is 32.2 Å². The number of carbonyl (C=O) groups is 3. The lowest BCUT2D eigenvalue weighted by Crippen LogP contribution is -2.38. The second-order valence-corrected chi connectivity index (χ2v) is 3.10. The van der Waals surface area contributed by atoms with Crippen molar-refractivity contribution in [1.82, 2.24) is 4.90 Å². The molecular formula is C8H11NO4. The molecule has 13 heavy (non-hydrogen) atoms. The van der Waals surface area contributed by atoms with E-state index in [4.69, 9.17) is 5.11 Å². The first-order chi connectivity index (χ1) is 6.02. The normalized spacial score (nSPS) is 19.3. The van der Waals surface area contributed by atoms with Crippen molar-refractivity contribution >= 4 is 17.8 Å². The fraction of sp³-hybridized carbons (Fsp3) is 0.625. The van der Waals surface area contributed by atoms with Crippen LogP contribution in [0.15, 0.2) is 0 Å². The quantitative estimate of drug-likeness (QED) is 0.628. The maximum atomic E-state index is 11.1. The van der Waals surface area contributed by atoms with Crippen LogP contribution in [0.5, 0.6) is 0 Å². The van der Waals surface area contributed by atoms with Crippen molar-refractivity contribution in [3.8, 4) is 0 Å². The van der Waals surface area contributed by atoms with Crippen LogP contribution in [0.3, 0.4) is 0 Å². The molecule has 1 heterocycles. The van der Waals surface area contributed by atoms with Crippen LogP contribution in [0.2, 0.25) is 0 Å². The maximum absolute atomic E-state index is 11.1. The zero-order valence-electron chi connectivity index (χ0n) is 7.32. The van der Waals surface area contributed by atoms with E-state index in [1.807, 2.05) is 0 Å². The maximum Gasteiger partial charge on any atom is 0.305 e. The molecular weight excluding hydrogens is 174 g/mol. The van der Waals surface area contributed by atoms with Crippen LogP contribution in [-0.2, 0) is 14.4 Å². The largest absolute Gasteiger partial charge is 0.481 e. The Morgan fingerprint density at radius 2 is 1.92 bits per heavy atom. The number of imide groups is 1. The summed E-state index contributed by atoms with van der Waals surface area (Å²) in [6.07, 6.45) is 0.239. The summed E-state index contributed by atoms with van der Waals surface area (Å²) in [5, 5.41) is 8.47. The number of amides is 2. The van der Waals surface area contributed by atoms with E-state index in [9.17, 15) is 14.4 Å². The van der Waals surface area contributed by atoms with Gasteiger partial charge in [0.25, 0.3) is 0 Å². The van der Waals surface area contributed by atoms with E-state index in [0.29, 0.717) is 0 Å². The monoisotopic (exact) mass is 185 g/mol. The first-order valence-corrected chi connectivity index (χ1v) is 4.09. The molecule has 2 amide bonds. The molecule has 1 aliphatic heterocycles. The van der Waals surface area contributed by atoms with Crippen LogP contribution in [0.25, 0.3) is 0 Å². The summed E-state index contributed by atoms with van der Waals surface area (Å²) in [6.45, 7) is 1.56. The first kappa shape index (κ1) is 9.70. The number of likely N-dealkylation sites (tertiary alicyclic amines) is 1. The van der Waals surface area contributed by atoms with Gasteiger partial charge in [0.15, 0.2) is 0 Å². The Bertz CT molecular complexity index is 245. The van der Waals surface area contributed by atoms with Crippen molar-refractivity contribution in [3.05, 3.63) is 0 Å². The molecule has 5 nitrogen and oxygen atoms in total. The molecule has 1 rings (SSSR count).